The Morgan fingerprint density at radius 2 is 2.04 bits per heavy atom. The van der Waals surface area contributed by atoms with Gasteiger partial charge in [0.05, 0.1) is 7.11 Å². The van der Waals surface area contributed by atoms with Crippen molar-refractivity contribution in [3.8, 4) is 11.5 Å². The van der Waals surface area contributed by atoms with Crippen LogP contribution in [0, 0.1) is 0 Å². The van der Waals surface area contributed by atoms with Gasteiger partial charge in [0.25, 0.3) is 0 Å². The summed E-state index contributed by atoms with van der Waals surface area (Å²) >= 11 is 0. The molecule has 0 spiro atoms. The zero-order chi connectivity index (χ0) is 18.8. The SMILES string of the molecule is COc1cc(CN(C(=O)Nc2cccc3c2CCCC3)C2CC2)ccc1O. The number of benzene rings is 2. The number of methoxy groups -OCH3 is 1. The smallest absolute Gasteiger partial charge is 0.322 e. The second-order valence-corrected chi connectivity index (χ2v) is 7.45. The summed E-state index contributed by atoms with van der Waals surface area (Å²) in [5, 5.41) is 12.9. The third kappa shape index (κ3) is 3.87. The van der Waals surface area contributed by atoms with Gasteiger partial charge in [-0.05, 0) is 73.4 Å². The third-order valence-electron chi connectivity index (χ3n) is 5.48. The molecule has 142 valence electrons. The number of hydrogen-bond donors (Lipinski definition) is 2. The topological polar surface area (TPSA) is 61.8 Å². The first kappa shape index (κ1) is 17.7. The number of phenolic OH excluding ortho intramolecular Hbond substituents is 1. The second-order valence-electron chi connectivity index (χ2n) is 7.45. The predicted molar refractivity (Wildman–Crippen MR) is 105 cm³/mol. The van der Waals surface area contributed by atoms with Gasteiger partial charge in [-0.3, -0.25) is 0 Å². The minimum Gasteiger partial charge on any atom is -0.504 e. The zero-order valence-corrected chi connectivity index (χ0v) is 15.7. The lowest BCUT2D eigenvalue weighted by Gasteiger charge is -2.25. The summed E-state index contributed by atoms with van der Waals surface area (Å²) in [5.74, 6) is 0.542. The lowest BCUT2D eigenvalue weighted by molar-refractivity contribution is 0.206. The van der Waals surface area contributed by atoms with E-state index in [0.717, 1.165) is 36.9 Å². The van der Waals surface area contributed by atoms with Crippen LogP contribution in [-0.2, 0) is 19.4 Å². The van der Waals surface area contributed by atoms with E-state index in [0.29, 0.717) is 12.3 Å². The molecule has 5 heteroatoms. The number of aromatic hydroxyl groups is 1. The number of phenols is 1. The van der Waals surface area contributed by atoms with E-state index in [1.165, 1.54) is 31.1 Å². The van der Waals surface area contributed by atoms with Crippen LogP contribution in [0.1, 0.15) is 42.4 Å². The monoisotopic (exact) mass is 366 g/mol. The number of aryl methyl sites for hydroxylation is 1. The van der Waals surface area contributed by atoms with Crippen molar-refractivity contribution in [3.63, 3.8) is 0 Å². The van der Waals surface area contributed by atoms with E-state index >= 15 is 0 Å². The zero-order valence-electron chi connectivity index (χ0n) is 15.7. The van der Waals surface area contributed by atoms with Gasteiger partial charge < -0.3 is 20.1 Å². The maximum absolute atomic E-state index is 13.0. The van der Waals surface area contributed by atoms with Crippen molar-refractivity contribution in [1.29, 1.82) is 0 Å². The predicted octanol–water partition coefficient (Wildman–Crippen LogP) is 4.48. The summed E-state index contributed by atoms with van der Waals surface area (Å²) in [5.41, 5.74) is 4.55. The molecule has 5 nitrogen and oxygen atoms in total. The molecule has 0 radical (unpaired) electrons. The van der Waals surface area contributed by atoms with Crippen molar-refractivity contribution in [2.75, 3.05) is 12.4 Å². The van der Waals surface area contributed by atoms with E-state index in [-0.39, 0.29) is 17.8 Å². The van der Waals surface area contributed by atoms with Crippen molar-refractivity contribution < 1.29 is 14.6 Å². The van der Waals surface area contributed by atoms with Gasteiger partial charge in [0.15, 0.2) is 11.5 Å². The van der Waals surface area contributed by atoms with Crippen molar-refractivity contribution in [2.24, 2.45) is 0 Å². The first-order chi connectivity index (χ1) is 13.2. The number of carbonyl (C=O) groups is 1. The van der Waals surface area contributed by atoms with Gasteiger partial charge in [-0.2, -0.15) is 0 Å². The number of anilines is 1. The number of amides is 2. The fourth-order valence-corrected chi connectivity index (χ4v) is 3.86. The summed E-state index contributed by atoms with van der Waals surface area (Å²) in [6, 6.07) is 11.7. The Morgan fingerprint density at radius 1 is 1.22 bits per heavy atom. The molecule has 0 saturated heterocycles. The molecule has 0 heterocycles. The standard InChI is InChI=1S/C22H26N2O3/c1-27-21-13-15(9-12-20(21)25)14-24(17-10-11-17)22(26)23-19-8-4-6-16-5-2-3-7-18(16)19/h4,6,8-9,12-13,17,25H,2-3,5,7,10-11,14H2,1H3,(H,23,26). The number of nitrogens with zero attached hydrogens (tertiary/aromatic N) is 1. The fraction of sp³-hybridized carbons (Fsp3) is 0.409. The van der Waals surface area contributed by atoms with Gasteiger partial charge in [0, 0.05) is 18.3 Å². The fourth-order valence-electron chi connectivity index (χ4n) is 3.86. The van der Waals surface area contributed by atoms with Crippen LogP contribution in [-0.4, -0.2) is 29.2 Å². The quantitative estimate of drug-likeness (QED) is 0.820. The highest BCUT2D eigenvalue weighted by atomic mass is 16.5. The van der Waals surface area contributed by atoms with Crippen LogP contribution in [0.5, 0.6) is 11.5 Å². The molecule has 2 aromatic carbocycles. The summed E-state index contributed by atoms with van der Waals surface area (Å²) in [4.78, 5) is 14.9. The van der Waals surface area contributed by atoms with E-state index in [2.05, 4.69) is 11.4 Å². The van der Waals surface area contributed by atoms with Gasteiger partial charge >= 0.3 is 6.03 Å². The number of nitrogens with one attached hydrogen (secondary N) is 1. The van der Waals surface area contributed by atoms with Crippen LogP contribution >= 0.6 is 0 Å². The number of ether oxygens (including phenoxy) is 1. The maximum Gasteiger partial charge on any atom is 0.322 e. The van der Waals surface area contributed by atoms with E-state index in [9.17, 15) is 9.90 Å². The highest BCUT2D eigenvalue weighted by molar-refractivity contribution is 5.91. The van der Waals surface area contributed by atoms with Gasteiger partial charge in [-0.25, -0.2) is 4.79 Å². The molecule has 27 heavy (non-hydrogen) atoms. The molecular formula is C22H26N2O3. The van der Waals surface area contributed by atoms with E-state index < -0.39 is 0 Å². The van der Waals surface area contributed by atoms with Crippen molar-refractivity contribution in [3.05, 3.63) is 53.1 Å². The number of rotatable bonds is 5. The van der Waals surface area contributed by atoms with Crippen LogP contribution in [0.25, 0.3) is 0 Å². The minimum atomic E-state index is -0.0523. The molecule has 0 unspecified atom stereocenters. The van der Waals surface area contributed by atoms with E-state index in [1.54, 1.807) is 12.1 Å². The Labute approximate surface area is 160 Å². The molecule has 1 fully saturated rings. The first-order valence-corrected chi connectivity index (χ1v) is 9.70. The molecular weight excluding hydrogens is 340 g/mol. The normalized spacial score (nSPS) is 15.7. The molecule has 2 aliphatic carbocycles. The number of carbonyl (C=O) groups excluding carboxylic acids is 1. The third-order valence-corrected chi connectivity index (χ3v) is 5.48. The summed E-state index contributed by atoms with van der Waals surface area (Å²) in [7, 11) is 1.53. The largest absolute Gasteiger partial charge is 0.504 e. The molecule has 2 aromatic rings. The lowest BCUT2D eigenvalue weighted by Crippen LogP contribution is -2.36. The van der Waals surface area contributed by atoms with Crippen LogP contribution in [0.2, 0.25) is 0 Å². The average molecular weight is 366 g/mol. The van der Waals surface area contributed by atoms with Gasteiger partial charge in [-0.1, -0.05) is 18.2 Å². The highest BCUT2D eigenvalue weighted by Gasteiger charge is 2.33. The van der Waals surface area contributed by atoms with E-state index in [1.807, 2.05) is 23.1 Å². The van der Waals surface area contributed by atoms with Gasteiger partial charge in [-0.15, -0.1) is 0 Å². The summed E-state index contributed by atoms with van der Waals surface area (Å²) < 4.78 is 5.19. The molecule has 2 aliphatic rings. The Hall–Kier alpha value is -2.69. The van der Waals surface area contributed by atoms with Crippen molar-refractivity contribution >= 4 is 11.7 Å². The van der Waals surface area contributed by atoms with Crippen LogP contribution < -0.4 is 10.1 Å². The van der Waals surface area contributed by atoms with Crippen LogP contribution in [0.4, 0.5) is 10.5 Å². The minimum absolute atomic E-state index is 0.0523. The molecule has 2 N–H and O–H groups in total. The van der Waals surface area contributed by atoms with Gasteiger partial charge in [0.1, 0.15) is 0 Å². The Kier molecular flexibility index (Phi) is 4.92. The molecule has 4 rings (SSSR count). The molecule has 0 atom stereocenters. The lowest BCUT2D eigenvalue weighted by atomic mass is 9.90. The number of urea groups is 1. The number of fused-ring (bicyclic) bond motifs is 1. The first-order valence-electron chi connectivity index (χ1n) is 9.70. The average Bonchev–Trinajstić information content (AvgIpc) is 3.52. The molecule has 1 saturated carbocycles. The molecule has 2 amide bonds. The summed E-state index contributed by atoms with van der Waals surface area (Å²) in [6.07, 6.45) is 6.61. The summed E-state index contributed by atoms with van der Waals surface area (Å²) in [6.45, 7) is 0.502. The second kappa shape index (κ2) is 7.51. The Bertz CT molecular complexity index is 845. The molecule has 0 aliphatic heterocycles. The maximum atomic E-state index is 13.0. The van der Waals surface area contributed by atoms with Crippen LogP contribution in [0.15, 0.2) is 36.4 Å². The highest BCUT2D eigenvalue weighted by Crippen LogP contribution is 2.33. The molecule has 0 bridgehead atoms. The van der Waals surface area contributed by atoms with Crippen LogP contribution in [0.3, 0.4) is 0 Å². The Balaban J connectivity index is 1.52. The number of hydrogen-bond acceptors (Lipinski definition) is 3. The van der Waals surface area contributed by atoms with Crippen molar-refractivity contribution in [1.82, 2.24) is 4.90 Å². The molecule has 0 aromatic heterocycles. The van der Waals surface area contributed by atoms with Gasteiger partial charge in [0.2, 0.25) is 0 Å². The van der Waals surface area contributed by atoms with E-state index in [4.69, 9.17) is 4.74 Å². The Morgan fingerprint density at radius 3 is 2.81 bits per heavy atom. The van der Waals surface area contributed by atoms with Crippen molar-refractivity contribution in [2.45, 2.75) is 51.1 Å².